The van der Waals surface area contributed by atoms with E-state index in [1.807, 2.05) is 36.5 Å². The summed E-state index contributed by atoms with van der Waals surface area (Å²) in [5, 5.41) is 4.54. The Morgan fingerprint density at radius 1 is 1.19 bits per heavy atom. The van der Waals surface area contributed by atoms with Crippen LogP contribution in [0.15, 0.2) is 53.7 Å². The summed E-state index contributed by atoms with van der Waals surface area (Å²) >= 11 is 12.1. The first-order valence-corrected chi connectivity index (χ1v) is 9.74. The first-order chi connectivity index (χ1) is 13.2. The van der Waals surface area contributed by atoms with E-state index in [0.29, 0.717) is 22.7 Å². The highest BCUT2D eigenvalue weighted by Gasteiger charge is 2.11. The van der Waals surface area contributed by atoms with Gasteiger partial charge >= 0.3 is 0 Å². The minimum Gasteiger partial charge on any atom is -0.489 e. The smallest absolute Gasteiger partial charge is 0.120 e. The number of nitrogens with zero attached hydrogens (tertiary/aromatic N) is 1. The van der Waals surface area contributed by atoms with Crippen molar-refractivity contribution in [3.63, 3.8) is 0 Å². The molecule has 0 unspecified atom stereocenters. The van der Waals surface area contributed by atoms with Gasteiger partial charge in [-0.1, -0.05) is 41.4 Å². The molecular formula is C21H23Cl2N3O. The van der Waals surface area contributed by atoms with Gasteiger partial charge in [-0.15, -0.1) is 0 Å². The van der Waals surface area contributed by atoms with Crippen LogP contribution in [0.2, 0.25) is 10.0 Å². The number of aliphatic imine (C=N–C) groups is 1. The maximum absolute atomic E-state index is 6.20. The molecule has 27 heavy (non-hydrogen) atoms. The van der Waals surface area contributed by atoms with E-state index in [1.54, 1.807) is 18.3 Å². The van der Waals surface area contributed by atoms with E-state index in [2.05, 4.69) is 10.3 Å². The monoisotopic (exact) mass is 403 g/mol. The predicted octanol–water partition coefficient (Wildman–Crippen LogP) is 4.69. The fourth-order valence-corrected chi connectivity index (χ4v) is 3.38. The molecule has 0 aliphatic carbocycles. The molecule has 0 bridgehead atoms. The first kappa shape index (κ1) is 19.7. The second kappa shape index (κ2) is 9.79. The predicted molar refractivity (Wildman–Crippen MR) is 114 cm³/mol. The number of benzene rings is 2. The first-order valence-electron chi connectivity index (χ1n) is 8.98. The van der Waals surface area contributed by atoms with Gasteiger partial charge in [-0.05, 0) is 55.8 Å². The average Bonchev–Trinajstić information content (AvgIpc) is 2.69. The summed E-state index contributed by atoms with van der Waals surface area (Å²) in [6, 6.07) is 13.5. The minimum atomic E-state index is 0.354. The lowest BCUT2D eigenvalue weighted by molar-refractivity contribution is 0.306. The largest absolute Gasteiger partial charge is 0.489 e. The van der Waals surface area contributed by atoms with Gasteiger partial charge in [0.1, 0.15) is 12.4 Å². The normalized spacial score (nSPS) is 16.0. The van der Waals surface area contributed by atoms with Gasteiger partial charge in [0, 0.05) is 33.6 Å². The average molecular weight is 404 g/mol. The van der Waals surface area contributed by atoms with Crippen molar-refractivity contribution in [1.82, 2.24) is 5.32 Å². The minimum absolute atomic E-state index is 0.354. The van der Waals surface area contributed by atoms with Crippen LogP contribution in [0.25, 0.3) is 5.57 Å². The quantitative estimate of drug-likeness (QED) is 0.687. The molecule has 1 heterocycles. The van der Waals surface area contributed by atoms with Crippen molar-refractivity contribution < 1.29 is 4.74 Å². The number of hydrogen-bond donors (Lipinski definition) is 2. The molecule has 1 aliphatic rings. The number of halogens is 2. The van der Waals surface area contributed by atoms with E-state index in [4.69, 9.17) is 33.7 Å². The van der Waals surface area contributed by atoms with E-state index in [0.717, 1.165) is 48.4 Å². The summed E-state index contributed by atoms with van der Waals surface area (Å²) < 4.78 is 5.89. The lowest BCUT2D eigenvalue weighted by atomic mass is 10.1. The summed E-state index contributed by atoms with van der Waals surface area (Å²) in [5.41, 5.74) is 8.56. The van der Waals surface area contributed by atoms with Gasteiger partial charge in [-0.25, -0.2) is 0 Å². The van der Waals surface area contributed by atoms with E-state index < -0.39 is 0 Å². The number of allylic oxidation sites excluding steroid dienone is 1. The number of nitrogens with two attached hydrogens (primary N) is 1. The Kier molecular flexibility index (Phi) is 7.16. The van der Waals surface area contributed by atoms with E-state index >= 15 is 0 Å². The molecule has 4 nitrogen and oxygen atoms in total. The molecule has 0 amide bonds. The summed E-state index contributed by atoms with van der Waals surface area (Å²) in [7, 11) is 0. The zero-order valence-electron chi connectivity index (χ0n) is 15.0. The highest BCUT2D eigenvalue weighted by atomic mass is 35.5. The standard InChI is InChI=1S/C21H23Cl2N3O/c22-18-5-4-16(21(23)11-18)14-27-20-3-1-2-15(10-20)17(12-24)13-26-19-6-8-25-9-7-19/h1-5,10-13,19,25H,6-9,14,24H2/b17-12+,26-13?. The molecule has 1 fully saturated rings. The van der Waals surface area contributed by atoms with Gasteiger partial charge < -0.3 is 15.8 Å². The van der Waals surface area contributed by atoms with Gasteiger partial charge in [0.25, 0.3) is 0 Å². The van der Waals surface area contributed by atoms with Crippen molar-refractivity contribution in [1.29, 1.82) is 0 Å². The number of rotatable bonds is 6. The van der Waals surface area contributed by atoms with Gasteiger partial charge in [0.15, 0.2) is 0 Å². The van der Waals surface area contributed by atoms with Gasteiger partial charge in [0.05, 0.1) is 6.04 Å². The third kappa shape index (κ3) is 5.73. The fraction of sp³-hybridized carbons (Fsp3) is 0.286. The summed E-state index contributed by atoms with van der Waals surface area (Å²) in [4.78, 5) is 4.69. The van der Waals surface area contributed by atoms with Gasteiger partial charge in [-0.2, -0.15) is 0 Å². The molecule has 1 aliphatic heterocycles. The van der Waals surface area contributed by atoms with E-state index in [1.165, 1.54) is 0 Å². The molecular weight excluding hydrogens is 381 g/mol. The number of piperidine rings is 1. The van der Waals surface area contributed by atoms with Crippen molar-refractivity contribution in [2.75, 3.05) is 13.1 Å². The number of nitrogens with one attached hydrogen (secondary N) is 1. The van der Waals surface area contributed by atoms with Crippen molar-refractivity contribution in [3.8, 4) is 5.75 Å². The lowest BCUT2D eigenvalue weighted by Crippen LogP contribution is -2.29. The maximum Gasteiger partial charge on any atom is 0.120 e. The van der Waals surface area contributed by atoms with Crippen LogP contribution in [0.4, 0.5) is 0 Å². The molecule has 0 radical (unpaired) electrons. The maximum atomic E-state index is 6.20. The molecule has 3 N–H and O–H groups in total. The van der Waals surface area contributed by atoms with Crippen LogP contribution in [-0.4, -0.2) is 25.3 Å². The van der Waals surface area contributed by atoms with E-state index in [-0.39, 0.29) is 0 Å². The number of hydrogen-bond acceptors (Lipinski definition) is 4. The molecule has 0 atom stereocenters. The second-order valence-electron chi connectivity index (χ2n) is 6.43. The van der Waals surface area contributed by atoms with Crippen LogP contribution >= 0.6 is 23.2 Å². The van der Waals surface area contributed by atoms with Crippen LogP contribution in [0, 0.1) is 0 Å². The summed E-state index contributed by atoms with van der Waals surface area (Å²) in [6.07, 6.45) is 5.56. The Hall–Kier alpha value is -2.01. The molecule has 0 aromatic heterocycles. The third-order valence-corrected chi connectivity index (χ3v) is 5.08. The molecule has 1 saturated heterocycles. The molecule has 142 valence electrons. The van der Waals surface area contributed by atoms with Crippen molar-refractivity contribution in [2.45, 2.75) is 25.5 Å². The molecule has 3 rings (SSSR count). The van der Waals surface area contributed by atoms with Crippen LogP contribution in [0.5, 0.6) is 5.75 Å². The van der Waals surface area contributed by atoms with Crippen LogP contribution in [0.3, 0.4) is 0 Å². The molecule has 2 aromatic rings. The Morgan fingerprint density at radius 2 is 2.00 bits per heavy atom. The Balaban J connectivity index is 1.67. The van der Waals surface area contributed by atoms with Gasteiger partial charge in [-0.3, -0.25) is 4.99 Å². The molecule has 0 saturated carbocycles. The summed E-state index contributed by atoms with van der Waals surface area (Å²) in [5.74, 6) is 0.744. The molecule has 2 aromatic carbocycles. The van der Waals surface area contributed by atoms with Crippen LogP contribution in [-0.2, 0) is 6.61 Å². The highest BCUT2D eigenvalue weighted by Crippen LogP contribution is 2.24. The van der Waals surface area contributed by atoms with Crippen molar-refractivity contribution in [2.24, 2.45) is 10.7 Å². The zero-order valence-corrected chi connectivity index (χ0v) is 16.5. The molecule has 0 spiro atoms. The summed E-state index contributed by atoms with van der Waals surface area (Å²) in [6.45, 7) is 2.39. The lowest BCUT2D eigenvalue weighted by Gasteiger charge is -2.18. The van der Waals surface area contributed by atoms with Crippen LogP contribution in [0.1, 0.15) is 24.0 Å². The zero-order chi connectivity index (χ0) is 19.1. The molecule has 6 heteroatoms. The SMILES string of the molecule is N/C=C(\C=NC1CCNCC1)c1cccc(OCc2ccc(Cl)cc2Cl)c1. The van der Waals surface area contributed by atoms with Gasteiger partial charge in [0.2, 0.25) is 0 Å². The Morgan fingerprint density at radius 3 is 2.74 bits per heavy atom. The second-order valence-corrected chi connectivity index (χ2v) is 7.28. The Labute approximate surface area is 170 Å². The fourth-order valence-electron chi connectivity index (χ4n) is 2.92. The van der Waals surface area contributed by atoms with Crippen molar-refractivity contribution in [3.05, 3.63) is 69.8 Å². The van der Waals surface area contributed by atoms with Crippen molar-refractivity contribution >= 4 is 35.0 Å². The highest BCUT2D eigenvalue weighted by molar-refractivity contribution is 6.35. The Bertz CT molecular complexity index is 830. The number of ether oxygens (including phenoxy) is 1. The van der Waals surface area contributed by atoms with E-state index in [9.17, 15) is 0 Å². The third-order valence-electron chi connectivity index (χ3n) is 4.49. The topological polar surface area (TPSA) is 59.6 Å². The van der Waals surface area contributed by atoms with Crippen LogP contribution < -0.4 is 15.8 Å².